The van der Waals surface area contributed by atoms with Gasteiger partial charge in [0.2, 0.25) is 5.91 Å². The van der Waals surface area contributed by atoms with E-state index < -0.39 is 12.0 Å². The summed E-state index contributed by atoms with van der Waals surface area (Å²) < 4.78 is 4.53. The van der Waals surface area contributed by atoms with Gasteiger partial charge in [0.05, 0.1) is 13.5 Å². The SMILES string of the molecule is COC(=O)C(C)NC(=O)Cc1ccccc1C. The Hall–Kier alpha value is -1.84. The van der Waals surface area contributed by atoms with Crippen LogP contribution in [0.2, 0.25) is 0 Å². The molecule has 0 heterocycles. The Bertz CT molecular complexity index is 415. The summed E-state index contributed by atoms with van der Waals surface area (Å²) in [6, 6.07) is 7.05. The lowest BCUT2D eigenvalue weighted by atomic mass is 10.1. The minimum Gasteiger partial charge on any atom is -0.467 e. The number of amides is 1. The lowest BCUT2D eigenvalue weighted by molar-refractivity contribution is -0.144. The van der Waals surface area contributed by atoms with Gasteiger partial charge in [-0.05, 0) is 25.0 Å². The van der Waals surface area contributed by atoms with E-state index in [1.54, 1.807) is 6.92 Å². The molecule has 0 aliphatic rings. The molecule has 0 spiro atoms. The molecule has 0 fully saturated rings. The van der Waals surface area contributed by atoms with Gasteiger partial charge >= 0.3 is 5.97 Å². The average Bonchev–Trinajstić information content (AvgIpc) is 2.31. The molecule has 1 unspecified atom stereocenters. The van der Waals surface area contributed by atoms with Crippen molar-refractivity contribution in [3.8, 4) is 0 Å². The third kappa shape index (κ3) is 3.90. The number of methoxy groups -OCH3 is 1. The summed E-state index contributed by atoms with van der Waals surface area (Å²) in [6.07, 6.45) is 0.272. The van der Waals surface area contributed by atoms with E-state index in [1.807, 2.05) is 31.2 Å². The molecule has 0 radical (unpaired) electrons. The van der Waals surface area contributed by atoms with Gasteiger partial charge in [0.25, 0.3) is 0 Å². The van der Waals surface area contributed by atoms with Crippen molar-refractivity contribution in [2.24, 2.45) is 0 Å². The van der Waals surface area contributed by atoms with Crippen LogP contribution in [0.25, 0.3) is 0 Å². The predicted molar refractivity (Wildman–Crippen MR) is 64.5 cm³/mol. The van der Waals surface area contributed by atoms with Crippen LogP contribution < -0.4 is 5.32 Å². The summed E-state index contributed by atoms with van der Waals surface area (Å²) in [6.45, 7) is 3.55. The lowest BCUT2D eigenvalue weighted by Crippen LogP contribution is -2.39. The maximum atomic E-state index is 11.7. The quantitative estimate of drug-likeness (QED) is 0.798. The van der Waals surface area contributed by atoms with Gasteiger partial charge in [-0.15, -0.1) is 0 Å². The number of hydrogen-bond donors (Lipinski definition) is 1. The fourth-order valence-electron chi connectivity index (χ4n) is 1.51. The van der Waals surface area contributed by atoms with Crippen molar-refractivity contribution >= 4 is 11.9 Å². The van der Waals surface area contributed by atoms with Crippen molar-refractivity contribution in [3.05, 3.63) is 35.4 Å². The standard InChI is InChI=1S/C13H17NO3/c1-9-6-4-5-7-11(9)8-12(15)14-10(2)13(16)17-3/h4-7,10H,8H2,1-3H3,(H,14,15). The maximum Gasteiger partial charge on any atom is 0.328 e. The summed E-state index contributed by atoms with van der Waals surface area (Å²) in [5.74, 6) is -0.625. The summed E-state index contributed by atoms with van der Waals surface area (Å²) in [5.41, 5.74) is 2.02. The summed E-state index contributed by atoms with van der Waals surface area (Å²) in [7, 11) is 1.30. The predicted octanol–water partition coefficient (Wildman–Crippen LogP) is 1.22. The number of carbonyl (C=O) groups excluding carboxylic acids is 2. The van der Waals surface area contributed by atoms with Crippen LogP contribution in [0.3, 0.4) is 0 Å². The first kappa shape index (κ1) is 13.2. The number of nitrogens with one attached hydrogen (secondary N) is 1. The lowest BCUT2D eigenvalue weighted by Gasteiger charge is -2.12. The molecule has 1 atom stereocenters. The normalized spacial score (nSPS) is 11.7. The second-order valence-electron chi connectivity index (χ2n) is 3.92. The van der Waals surface area contributed by atoms with Gasteiger partial charge in [0.1, 0.15) is 6.04 Å². The Morgan fingerprint density at radius 1 is 1.35 bits per heavy atom. The van der Waals surface area contributed by atoms with Gasteiger partial charge in [-0.2, -0.15) is 0 Å². The van der Waals surface area contributed by atoms with Crippen molar-refractivity contribution < 1.29 is 14.3 Å². The fourth-order valence-corrected chi connectivity index (χ4v) is 1.51. The monoisotopic (exact) mass is 235 g/mol. The molecule has 0 aliphatic heterocycles. The molecule has 17 heavy (non-hydrogen) atoms. The molecule has 0 aromatic heterocycles. The third-order valence-electron chi connectivity index (χ3n) is 2.54. The highest BCUT2D eigenvalue weighted by Crippen LogP contribution is 2.07. The van der Waals surface area contributed by atoms with E-state index in [2.05, 4.69) is 10.1 Å². The highest BCUT2D eigenvalue weighted by Gasteiger charge is 2.16. The number of rotatable bonds is 4. The molecule has 4 nitrogen and oxygen atoms in total. The Labute approximate surface area is 101 Å². The maximum absolute atomic E-state index is 11.7. The fraction of sp³-hybridized carbons (Fsp3) is 0.385. The second-order valence-corrected chi connectivity index (χ2v) is 3.92. The van der Waals surface area contributed by atoms with E-state index >= 15 is 0 Å². The van der Waals surface area contributed by atoms with Crippen molar-refractivity contribution in [1.29, 1.82) is 0 Å². The van der Waals surface area contributed by atoms with Crippen molar-refractivity contribution in [2.75, 3.05) is 7.11 Å². The Morgan fingerprint density at radius 2 is 2.00 bits per heavy atom. The third-order valence-corrected chi connectivity index (χ3v) is 2.54. The Kier molecular flexibility index (Phi) is 4.69. The molecule has 0 aliphatic carbocycles. The first-order valence-electron chi connectivity index (χ1n) is 5.46. The summed E-state index contributed by atoms with van der Waals surface area (Å²) in [5, 5.41) is 2.59. The van der Waals surface area contributed by atoms with Crippen LogP contribution in [-0.2, 0) is 20.7 Å². The zero-order chi connectivity index (χ0) is 12.8. The first-order chi connectivity index (χ1) is 8.04. The Morgan fingerprint density at radius 3 is 2.59 bits per heavy atom. The molecule has 0 saturated heterocycles. The molecular formula is C13H17NO3. The van der Waals surface area contributed by atoms with Crippen molar-refractivity contribution in [1.82, 2.24) is 5.32 Å². The minimum atomic E-state index is -0.614. The van der Waals surface area contributed by atoms with Gasteiger partial charge in [-0.3, -0.25) is 4.79 Å². The molecule has 1 rings (SSSR count). The van der Waals surface area contributed by atoms with E-state index in [-0.39, 0.29) is 12.3 Å². The van der Waals surface area contributed by atoms with E-state index in [4.69, 9.17) is 0 Å². The topological polar surface area (TPSA) is 55.4 Å². The molecule has 0 saturated carbocycles. The number of carbonyl (C=O) groups is 2. The van der Waals surface area contributed by atoms with Crippen LogP contribution in [0.1, 0.15) is 18.1 Å². The van der Waals surface area contributed by atoms with E-state index in [1.165, 1.54) is 7.11 Å². The minimum absolute atomic E-state index is 0.183. The summed E-state index contributed by atoms with van der Waals surface area (Å²) >= 11 is 0. The van der Waals surface area contributed by atoms with Crippen molar-refractivity contribution in [2.45, 2.75) is 26.3 Å². The molecule has 1 aromatic rings. The van der Waals surface area contributed by atoms with Crippen molar-refractivity contribution in [3.63, 3.8) is 0 Å². The van der Waals surface area contributed by atoms with E-state index in [0.717, 1.165) is 11.1 Å². The summed E-state index contributed by atoms with van der Waals surface area (Å²) in [4.78, 5) is 22.8. The zero-order valence-corrected chi connectivity index (χ0v) is 10.3. The zero-order valence-electron chi connectivity index (χ0n) is 10.3. The van der Waals surface area contributed by atoms with Gasteiger partial charge in [0.15, 0.2) is 0 Å². The Balaban J connectivity index is 2.56. The van der Waals surface area contributed by atoms with Crippen LogP contribution in [0.5, 0.6) is 0 Å². The first-order valence-corrected chi connectivity index (χ1v) is 5.46. The molecule has 1 N–H and O–H groups in total. The molecule has 1 aromatic carbocycles. The van der Waals surface area contributed by atoms with Crippen LogP contribution >= 0.6 is 0 Å². The van der Waals surface area contributed by atoms with Gasteiger partial charge < -0.3 is 10.1 Å². The van der Waals surface area contributed by atoms with Gasteiger partial charge in [-0.1, -0.05) is 24.3 Å². The van der Waals surface area contributed by atoms with Gasteiger partial charge in [-0.25, -0.2) is 4.79 Å². The van der Waals surface area contributed by atoms with E-state index in [0.29, 0.717) is 0 Å². The van der Waals surface area contributed by atoms with E-state index in [9.17, 15) is 9.59 Å². The largest absolute Gasteiger partial charge is 0.467 e. The molecule has 0 bridgehead atoms. The molecule has 92 valence electrons. The number of esters is 1. The van der Waals surface area contributed by atoms with Crippen LogP contribution in [-0.4, -0.2) is 25.0 Å². The second kappa shape index (κ2) is 6.03. The van der Waals surface area contributed by atoms with Gasteiger partial charge in [0, 0.05) is 0 Å². The van der Waals surface area contributed by atoms with Crippen LogP contribution in [0, 0.1) is 6.92 Å². The number of hydrogen-bond acceptors (Lipinski definition) is 3. The number of aryl methyl sites for hydroxylation is 1. The molecule has 4 heteroatoms. The molecule has 1 amide bonds. The number of benzene rings is 1. The smallest absolute Gasteiger partial charge is 0.328 e. The highest BCUT2D eigenvalue weighted by atomic mass is 16.5. The highest BCUT2D eigenvalue weighted by molar-refractivity contribution is 5.85. The van der Waals surface area contributed by atoms with Crippen LogP contribution in [0.15, 0.2) is 24.3 Å². The molecular weight excluding hydrogens is 218 g/mol. The van der Waals surface area contributed by atoms with Crippen LogP contribution in [0.4, 0.5) is 0 Å². The number of ether oxygens (including phenoxy) is 1. The average molecular weight is 235 g/mol.